The SMILES string of the molecule is C[C@@H](N)c1ccc(Sc2ccncc2)cn1. The normalized spacial score (nSPS) is 12.4. The molecule has 82 valence electrons. The van der Waals surface area contributed by atoms with Crippen LogP contribution in [0.5, 0.6) is 0 Å². The maximum absolute atomic E-state index is 5.74. The van der Waals surface area contributed by atoms with Crippen LogP contribution in [0.25, 0.3) is 0 Å². The summed E-state index contributed by atoms with van der Waals surface area (Å²) in [5, 5.41) is 0. The van der Waals surface area contributed by atoms with Gasteiger partial charge in [0.2, 0.25) is 0 Å². The molecule has 2 aromatic rings. The highest BCUT2D eigenvalue weighted by Gasteiger charge is 2.01. The quantitative estimate of drug-likeness (QED) is 0.882. The molecule has 1 atom stereocenters. The molecule has 0 saturated carbocycles. The predicted molar refractivity (Wildman–Crippen MR) is 65.2 cm³/mol. The lowest BCUT2D eigenvalue weighted by Gasteiger charge is -2.05. The highest BCUT2D eigenvalue weighted by molar-refractivity contribution is 7.99. The fourth-order valence-electron chi connectivity index (χ4n) is 1.26. The maximum Gasteiger partial charge on any atom is 0.0569 e. The molecule has 3 nitrogen and oxygen atoms in total. The van der Waals surface area contributed by atoms with E-state index in [9.17, 15) is 0 Å². The van der Waals surface area contributed by atoms with Crippen LogP contribution in [0.4, 0.5) is 0 Å². The van der Waals surface area contributed by atoms with E-state index < -0.39 is 0 Å². The molecule has 0 amide bonds. The minimum absolute atomic E-state index is 0.0139. The van der Waals surface area contributed by atoms with E-state index in [1.165, 1.54) is 0 Å². The Morgan fingerprint density at radius 1 is 1.12 bits per heavy atom. The zero-order valence-corrected chi connectivity index (χ0v) is 9.82. The summed E-state index contributed by atoms with van der Waals surface area (Å²) in [6.07, 6.45) is 5.42. The standard InChI is InChI=1S/C12H13N3S/c1-9(13)12-3-2-11(8-15-12)16-10-4-6-14-7-5-10/h2-9H,13H2,1H3/t9-/m1/s1. The van der Waals surface area contributed by atoms with Gasteiger partial charge < -0.3 is 5.73 Å². The molecular weight excluding hydrogens is 218 g/mol. The average Bonchev–Trinajstić information content (AvgIpc) is 2.31. The van der Waals surface area contributed by atoms with Gasteiger partial charge in [0, 0.05) is 34.4 Å². The first-order valence-corrected chi connectivity index (χ1v) is 5.87. The molecule has 0 fully saturated rings. The average molecular weight is 231 g/mol. The summed E-state index contributed by atoms with van der Waals surface area (Å²) in [5.74, 6) is 0. The molecular formula is C12H13N3S. The minimum atomic E-state index is -0.0139. The third kappa shape index (κ3) is 2.81. The van der Waals surface area contributed by atoms with Crippen molar-refractivity contribution < 1.29 is 0 Å². The van der Waals surface area contributed by atoms with E-state index in [-0.39, 0.29) is 6.04 Å². The van der Waals surface area contributed by atoms with E-state index in [2.05, 4.69) is 9.97 Å². The van der Waals surface area contributed by atoms with Gasteiger partial charge in [-0.2, -0.15) is 0 Å². The first-order valence-electron chi connectivity index (χ1n) is 5.05. The highest BCUT2D eigenvalue weighted by Crippen LogP contribution is 2.26. The number of nitrogens with two attached hydrogens (primary N) is 1. The molecule has 2 N–H and O–H groups in total. The zero-order valence-electron chi connectivity index (χ0n) is 9.00. The van der Waals surface area contributed by atoms with Crippen molar-refractivity contribution in [3.63, 3.8) is 0 Å². The Morgan fingerprint density at radius 2 is 1.88 bits per heavy atom. The van der Waals surface area contributed by atoms with Gasteiger partial charge >= 0.3 is 0 Å². The van der Waals surface area contributed by atoms with Crippen LogP contribution in [0.15, 0.2) is 52.6 Å². The van der Waals surface area contributed by atoms with Crippen molar-refractivity contribution in [1.29, 1.82) is 0 Å². The molecule has 2 rings (SSSR count). The second-order valence-electron chi connectivity index (χ2n) is 3.49. The smallest absolute Gasteiger partial charge is 0.0569 e. The third-order valence-corrected chi connectivity index (χ3v) is 3.10. The second-order valence-corrected chi connectivity index (χ2v) is 4.64. The molecule has 0 aliphatic rings. The van der Waals surface area contributed by atoms with Crippen LogP contribution >= 0.6 is 11.8 Å². The van der Waals surface area contributed by atoms with Crippen molar-refractivity contribution in [2.24, 2.45) is 5.73 Å². The van der Waals surface area contributed by atoms with Crippen LogP contribution in [0.2, 0.25) is 0 Å². The molecule has 4 heteroatoms. The van der Waals surface area contributed by atoms with E-state index in [1.807, 2.05) is 37.4 Å². The van der Waals surface area contributed by atoms with Crippen LogP contribution in [-0.4, -0.2) is 9.97 Å². The molecule has 0 saturated heterocycles. The van der Waals surface area contributed by atoms with Crippen molar-refractivity contribution >= 4 is 11.8 Å². The van der Waals surface area contributed by atoms with E-state index in [0.29, 0.717) is 0 Å². The van der Waals surface area contributed by atoms with Crippen molar-refractivity contribution in [3.8, 4) is 0 Å². The van der Waals surface area contributed by atoms with Gasteiger partial charge in [-0.1, -0.05) is 11.8 Å². The van der Waals surface area contributed by atoms with Crippen LogP contribution < -0.4 is 5.73 Å². The molecule has 0 aromatic carbocycles. The van der Waals surface area contributed by atoms with E-state index in [4.69, 9.17) is 5.73 Å². The lowest BCUT2D eigenvalue weighted by molar-refractivity contribution is 0.777. The summed E-state index contributed by atoms with van der Waals surface area (Å²) >= 11 is 1.66. The summed E-state index contributed by atoms with van der Waals surface area (Å²) in [5.41, 5.74) is 6.65. The Hall–Kier alpha value is -1.39. The van der Waals surface area contributed by atoms with Gasteiger partial charge in [-0.25, -0.2) is 0 Å². The number of hydrogen-bond donors (Lipinski definition) is 1. The van der Waals surface area contributed by atoms with Crippen molar-refractivity contribution in [3.05, 3.63) is 48.5 Å². The number of pyridine rings is 2. The molecule has 0 unspecified atom stereocenters. The topological polar surface area (TPSA) is 51.8 Å². The van der Waals surface area contributed by atoms with E-state index >= 15 is 0 Å². The molecule has 0 bridgehead atoms. The first kappa shape index (κ1) is 11.1. The Bertz CT molecular complexity index is 440. The summed E-state index contributed by atoms with van der Waals surface area (Å²) in [6.45, 7) is 1.93. The van der Waals surface area contributed by atoms with E-state index in [1.54, 1.807) is 24.2 Å². The monoisotopic (exact) mass is 231 g/mol. The Balaban J connectivity index is 2.11. The summed E-state index contributed by atoms with van der Waals surface area (Å²) in [4.78, 5) is 10.6. The Morgan fingerprint density at radius 3 is 2.44 bits per heavy atom. The van der Waals surface area contributed by atoms with Crippen molar-refractivity contribution in [2.45, 2.75) is 22.8 Å². The van der Waals surface area contributed by atoms with Gasteiger partial charge in [0.15, 0.2) is 0 Å². The molecule has 0 aliphatic carbocycles. The first-order chi connectivity index (χ1) is 7.75. The van der Waals surface area contributed by atoms with Gasteiger partial charge in [0.05, 0.1) is 5.69 Å². The van der Waals surface area contributed by atoms with Crippen molar-refractivity contribution in [1.82, 2.24) is 9.97 Å². The molecule has 0 radical (unpaired) electrons. The van der Waals surface area contributed by atoms with Crippen LogP contribution in [0.1, 0.15) is 18.7 Å². The lowest BCUT2D eigenvalue weighted by Crippen LogP contribution is -2.06. The molecule has 0 spiro atoms. The summed E-state index contributed by atoms with van der Waals surface area (Å²) in [7, 11) is 0. The van der Waals surface area contributed by atoms with Crippen LogP contribution in [0, 0.1) is 0 Å². The largest absolute Gasteiger partial charge is 0.323 e. The number of hydrogen-bond acceptors (Lipinski definition) is 4. The van der Waals surface area contributed by atoms with Crippen LogP contribution in [-0.2, 0) is 0 Å². The van der Waals surface area contributed by atoms with Gasteiger partial charge in [0.25, 0.3) is 0 Å². The van der Waals surface area contributed by atoms with E-state index in [0.717, 1.165) is 15.5 Å². The Labute approximate surface area is 99.1 Å². The van der Waals surface area contributed by atoms with Gasteiger partial charge in [0.1, 0.15) is 0 Å². The summed E-state index contributed by atoms with van der Waals surface area (Å²) < 4.78 is 0. The second kappa shape index (κ2) is 5.09. The van der Waals surface area contributed by atoms with Gasteiger partial charge in [-0.3, -0.25) is 9.97 Å². The predicted octanol–water partition coefficient (Wildman–Crippen LogP) is 2.65. The Kier molecular flexibility index (Phi) is 3.54. The fraction of sp³-hybridized carbons (Fsp3) is 0.167. The van der Waals surface area contributed by atoms with Gasteiger partial charge in [-0.05, 0) is 31.2 Å². The number of aromatic nitrogens is 2. The van der Waals surface area contributed by atoms with Crippen LogP contribution in [0.3, 0.4) is 0 Å². The van der Waals surface area contributed by atoms with Gasteiger partial charge in [-0.15, -0.1) is 0 Å². The number of nitrogens with zero attached hydrogens (tertiary/aromatic N) is 2. The number of rotatable bonds is 3. The minimum Gasteiger partial charge on any atom is -0.323 e. The molecule has 2 aromatic heterocycles. The molecule has 0 aliphatic heterocycles. The molecule has 16 heavy (non-hydrogen) atoms. The fourth-order valence-corrected chi connectivity index (χ4v) is 2.04. The third-order valence-electron chi connectivity index (χ3n) is 2.11. The van der Waals surface area contributed by atoms with Crippen molar-refractivity contribution in [2.75, 3.05) is 0 Å². The lowest BCUT2D eigenvalue weighted by atomic mass is 10.2. The molecule has 2 heterocycles. The maximum atomic E-state index is 5.74. The summed E-state index contributed by atoms with van der Waals surface area (Å²) in [6, 6.07) is 7.94. The zero-order chi connectivity index (χ0) is 11.4. The highest BCUT2D eigenvalue weighted by atomic mass is 32.2.